The zero-order valence-electron chi connectivity index (χ0n) is 19.2. The van der Waals surface area contributed by atoms with Gasteiger partial charge in [-0.25, -0.2) is 0 Å². The maximum atomic E-state index is 13.8. The van der Waals surface area contributed by atoms with Crippen LogP contribution in [0, 0.1) is 0 Å². The molecule has 0 saturated carbocycles. The largest absolute Gasteiger partial charge is 0.369 e. The average molecular weight is 445 g/mol. The number of rotatable bonds is 5. The fraction of sp³-hybridized carbons (Fsp3) is 0.385. The number of carbonyl (C=O) groups excluding carboxylic acids is 1. The summed E-state index contributed by atoms with van der Waals surface area (Å²) in [6.07, 6.45) is 5.26. The second-order valence-corrected chi connectivity index (χ2v) is 9.19. The fourth-order valence-corrected chi connectivity index (χ4v) is 4.99. The summed E-state index contributed by atoms with van der Waals surface area (Å²) in [5.74, 6) is 0.0792. The second kappa shape index (κ2) is 9.37. The van der Waals surface area contributed by atoms with E-state index in [1.807, 2.05) is 24.5 Å². The molecule has 1 aromatic heterocycles. The van der Waals surface area contributed by atoms with Crippen molar-refractivity contribution in [3.05, 3.63) is 66.5 Å². The monoisotopic (exact) mass is 444 g/mol. The lowest BCUT2D eigenvalue weighted by atomic mass is 9.72. The molecule has 7 nitrogen and oxygen atoms in total. The van der Waals surface area contributed by atoms with E-state index in [4.69, 9.17) is 0 Å². The van der Waals surface area contributed by atoms with E-state index in [0.717, 1.165) is 74.5 Å². The third-order valence-electron chi connectivity index (χ3n) is 7.13. The Hall–Kier alpha value is -3.16. The predicted octanol–water partition coefficient (Wildman–Crippen LogP) is 3.09. The lowest BCUT2D eigenvalue weighted by molar-refractivity contribution is -0.122. The van der Waals surface area contributed by atoms with Gasteiger partial charge < -0.3 is 20.4 Å². The van der Waals surface area contributed by atoms with Gasteiger partial charge in [-0.2, -0.15) is 5.10 Å². The molecule has 0 bridgehead atoms. The van der Waals surface area contributed by atoms with Crippen LogP contribution in [-0.2, 0) is 10.2 Å². The number of H-pyrrole nitrogens is 1. The molecule has 172 valence electrons. The van der Waals surface area contributed by atoms with E-state index in [-0.39, 0.29) is 5.91 Å². The number of nitrogens with one attached hydrogen (secondary N) is 3. The van der Waals surface area contributed by atoms with Crippen LogP contribution < -0.4 is 15.5 Å². The van der Waals surface area contributed by atoms with E-state index >= 15 is 0 Å². The van der Waals surface area contributed by atoms with Crippen molar-refractivity contribution in [3.63, 3.8) is 0 Å². The number of benzene rings is 2. The van der Waals surface area contributed by atoms with E-state index in [2.05, 4.69) is 74.1 Å². The highest BCUT2D eigenvalue weighted by Crippen LogP contribution is 2.36. The highest BCUT2D eigenvalue weighted by molar-refractivity contribution is 5.99. The van der Waals surface area contributed by atoms with Crippen LogP contribution in [0.2, 0.25) is 0 Å². The Morgan fingerprint density at radius 1 is 1.00 bits per heavy atom. The third kappa shape index (κ3) is 4.51. The molecular formula is C26H32N6O. The van der Waals surface area contributed by atoms with Gasteiger partial charge in [0, 0.05) is 49.3 Å². The van der Waals surface area contributed by atoms with Gasteiger partial charge in [0.25, 0.3) is 0 Å². The Kier molecular flexibility index (Phi) is 6.15. The number of nitrogens with zero attached hydrogens (tertiary/aromatic N) is 3. The van der Waals surface area contributed by atoms with Crippen LogP contribution in [0.4, 0.5) is 11.4 Å². The fourth-order valence-electron chi connectivity index (χ4n) is 4.99. The van der Waals surface area contributed by atoms with Crippen LogP contribution in [0.3, 0.4) is 0 Å². The van der Waals surface area contributed by atoms with Crippen LogP contribution in [0.25, 0.3) is 11.1 Å². The van der Waals surface area contributed by atoms with Gasteiger partial charge in [-0.05, 0) is 62.3 Å². The molecule has 0 radical (unpaired) electrons. The summed E-state index contributed by atoms with van der Waals surface area (Å²) in [6.45, 7) is 5.79. The number of aromatic nitrogens is 2. The number of piperidine rings is 1. The first-order valence-corrected chi connectivity index (χ1v) is 11.8. The van der Waals surface area contributed by atoms with Crippen molar-refractivity contribution in [2.75, 3.05) is 56.5 Å². The molecule has 7 heteroatoms. The Morgan fingerprint density at radius 2 is 1.76 bits per heavy atom. The summed E-state index contributed by atoms with van der Waals surface area (Å²) in [7, 11) is 2.16. The van der Waals surface area contributed by atoms with Crippen molar-refractivity contribution in [1.82, 2.24) is 20.4 Å². The molecule has 2 fully saturated rings. The molecule has 2 aliphatic rings. The Bertz CT molecular complexity index is 1060. The number of hydrogen-bond donors (Lipinski definition) is 3. The van der Waals surface area contributed by atoms with Crippen molar-refractivity contribution in [2.45, 2.75) is 18.3 Å². The molecule has 33 heavy (non-hydrogen) atoms. The van der Waals surface area contributed by atoms with Gasteiger partial charge >= 0.3 is 0 Å². The first-order chi connectivity index (χ1) is 16.1. The van der Waals surface area contributed by atoms with E-state index in [0.29, 0.717) is 0 Å². The molecule has 0 unspecified atom stereocenters. The maximum Gasteiger partial charge on any atom is 0.235 e. The van der Waals surface area contributed by atoms with Crippen LogP contribution in [0.15, 0.2) is 60.9 Å². The summed E-state index contributed by atoms with van der Waals surface area (Å²) in [6, 6.07) is 16.7. The van der Waals surface area contributed by atoms with E-state index in [9.17, 15) is 4.79 Å². The van der Waals surface area contributed by atoms with Gasteiger partial charge in [-0.3, -0.25) is 9.89 Å². The molecule has 0 spiro atoms. The number of carbonyl (C=O) groups is 1. The van der Waals surface area contributed by atoms with Gasteiger partial charge in [0.1, 0.15) is 0 Å². The van der Waals surface area contributed by atoms with Gasteiger partial charge in [0.15, 0.2) is 0 Å². The second-order valence-electron chi connectivity index (χ2n) is 9.19. The minimum Gasteiger partial charge on any atom is -0.369 e. The van der Waals surface area contributed by atoms with E-state index in [1.54, 1.807) is 0 Å². The molecule has 2 aromatic carbocycles. The maximum absolute atomic E-state index is 13.8. The number of aromatic amines is 1. The quantitative estimate of drug-likeness (QED) is 0.564. The van der Waals surface area contributed by atoms with Gasteiger partial charge in [-0.15, -0.1) is 0 Å². The Morgan fingerprint density at radius 3 is 2.45 bits per heavy atom. The zero-order valence-corrected chi connectivity index (χ0v) is 19.2. The summed E-state index contributed by atoms with van der Waals surface area (Å²) < 4.78 is 0. The topological polar surface area (TPSA) is 76.3 Å². The number of anilines is 2. The Balaban J connectivity index is 1.37. The van der Waals surface area contributed by atoms with Crippen LogP contribution in [0.1, 0.15) is 18.4 Å². The first kappa shape index (κ1) is 21.7. The van der Waals surface area contributed by atoms with E-state index in [1.165, 1.54) is 5.69 Å². The minimum absolute atomic E-state index is 0.0792. The number of piperazine rings is 1. The molecule has 3 aromatic rings. The summed E-state index contributed by atoms with van der Waals surface area (Å²) >= 11 is 0. The summed E-state index contributed by atoms with van der Waals surface area (Å²) in [4.78, 5) is 18.5. The average Bonchev–Trinajstić information content (AvgIpc) is 3.40. The van der Waals surface area contributed by atoms with Gasteiger partial charge in [0.05, 0.1) is 11.6 Å². The van der Waals surface area contributed by atoms with Crippen LogP contribution in [-0.4, -0.2) is 67.3 Å². The third-order valence-corrected chi connectivity index (χ3v) is 7.13. The highest BCUT2D eigenvalue weighted by Gasteiger charge is 2.41. The number of amides is 1. The molecule has 2 saturated heterocycles. The lowest BCUT2D eigenvalue weighted by Gasteiger charge is -2.37. The molecule has 0 atom stereocenters. The summed E-state index contributed by atoms with van der Waals surface area (Å²) in [5, 5.41) is 13.6. The molecule has 2 aliphatic heterocycles. The molecule has 0 aliphatic carbocycles. The zero-order chi connectivity index (χ0) is 22.7. The molecular weight excluding hydrogens is 412 g/mol. The first-order valence-electron chi connectivity index (χ1n) is 11.8. The van der Waals surface area contributed by atoms with Crippen molar-refractivity contribution in [3.8, 4) is 11.1 Å². The van der Waals surface area contributed by atoms with Crippen LogP contribution >= 0.6 is 0 Å². The molecule has 5 rings (SSSR count). The minimum atomic E-state index is -0.538. The predicted molar refractivity (Wildman–Crippen MR) is 133 cm³/mol. The van der Waals surface area contributed by atoms with Gasteiger partial charge in [0.2, 0.25) is 5.91 Å². The SMILES string of the molecule is CN1CCN(c2cccc(NC(=O)C3(c4ccc(-c5cn[nH]c5)cc4)CCNCC3)c2)CC1. The van der Waals surface area contributed by atoms with Crippen molar-refractivity contribution >= 4 is 17.3 Å². The molecule has 3 heterocycles. The molecule has 3 N–H and O–H groups in total. The van der Waals surface area contributed by atoms with Gasteiger partial charge in [-0.1, -0.05) is 30.3 Å². The standard InChI is InChI=1S/C26H32N6O/c1-31-13-15-32(16-14-31)24-4-2-3-23(17-24)30-25(33)26(9-11-27-12-10-26)22-7-5-20(6-8-22)21-18-28-29-19-21/h2-8,17-19,27H,9-16H2,1H3,(H,28,29)(H,30,33). The van der Waals surface area contributed by atoms with Crippen molar-refractivity contribution < 1.29 is 4.79 Å². The lowest BCUT2D eigenvalue weighted by Crippen LogP contribution is -2.48. The number of likely N-dealkylation sites (N-methyl/N-ethyl adjacent to an activating group) is 1. The van der Waals surface area contributed by atoms with E-state index < -0.39 is 5.41 Å². The molecule has 1 amide bonds. The van der Waals surface area contributed by atoms with Crippen molar-refractivity contribution in [2.24, 2.45) is 0 Å². The number of hydrogen-bond acceptors (Lipinski definition) is 5. The Labute approximate surface area is 195 Å². The summed E-state index contributed by atoms with van der Waals surface area (Å²) in [5.41, 5.74) is 4.71. The van der Waals surface area contributed by atoms with Crippen LogP contribution in [0.5, 0.6) is 0 Å². The van der Waals surface area contributed by atoms with Crippen molar-refractivity contribution in [1.29, 1.82) is 0 Å². The normalized spacial score (nSPS) is 18.8. The highest BCUT2D eigenvalue weighted by atomic mass is 16.2. The smallest absolute Gasteiger partial charge is 0.235 e.